The number of hydrogen-bond donors (Lipinski definition) is 1. The molecule has 1 N–H and O–H groups in total. The van der Waals surface area contributed by atoms with Gasteiger partial charge in [0.1, 0.15) is 5.75 Å². The molecule has 6 nitrogen and oxygen atoms in total. The number of aryl methyl sites for hydroxylation is 2. The van der Waals surface area contributed by atoms with E-state index in [0.29, 0.717) is 22.1 Å². The summed E-state index contributed by atoms with van der Waals surface area (Å²) in [4.78, 5) is 12.5. The lowest BCUT2D eigenvalue weighted by atomic mass is 10.1. The van der Waals surface area contributed by atoms with Crippen LogP contribution in [0.3, 0.4) is 0 Å². The first-order valence-corrected chi connectivity index (χ1v) is 14.0. The van der Waals surface area contributed by atoms with E-state index in [1.807, 2.05) is 31.2 Å². The first-order valence-electron chi connectivity index (χ1n) is 12.2. The van der Waals surface area contributed by atoms with Crippen LogP contribution in [0.5, 0.6) is 5.75 Å². The normalized spacial score (nSPS) is 11.1. The van der Waals surface area contributed by atoms with Gasteiger partial charge in [-0.15, -0.1) is 0 Å². The van der Waals surface area contributed by atoms with Gasteiger partial charge in [-0.25, -0.2) is 8.42 Å². The van der Waals surface area contributed by atoms with Crippen molar-refractivity contribution in [3.63, 3.8) is 0 Å². The highest BCUT2D eigenvalue weighted by atomic mass is 35.5. The summed E-state index contributed by atoms with van der Waals surface area (Å²) < 4.78 is 34.3. The van der Waals surface area contributed by atoms with E-state index >= 15 is 0 Å². The maximum absolute atomic E-state index is 13.6. The van der Waals surface area contributed by atoms with Crippen molar-refractivity contribution in [3.05, 3.63) is 119 Å². The Labute approximate surface area is 228 Å². The second-order valence-corrected chi connectivity index (χ2v) is 11.1. The van der Waals surface area contributed by atoms with E-state index in [-0.39, 0.29) is 24.0 Å². The largest absolute Gasteiger partial charge is 0.484 e. The maximum atomic E-state index is 13.6. The lowest BCUT2D eigenvalue weighted by Gasteiger charge is -2.25. The minimum Gasteiger partial charge on any atom is -0.484 e. The van der Waals surface area contributed by atoms with Crippen molar-refractivity contribution < 1.29 is 17.9 Å². The van der Waals surface area contributed by atoms with Crippen LogP contribution in [-0.4, -0.2) is 20.9 Å². The smallest absolute Gasteiger partial charge is 0.264 e. The molecular formula is C30H29ClN2O4S. The summed E-state index contributed by atoms with van der Waals surface area (Å²) in [6.45, 7) is 3.92. The Kier molecular flexibility index (Phi) is 8.71. The minimum absolute atomic E-state index is 0.118. The number of anilines is 2. The molecule has 196 valence electrons. The van der Waals surface area contributed by atoms with Crippen molar-refractivity contribution >= 4 is 38.9 Å². The Bertz CT molecular complexity index is 1470. The first-order chi connectivity index (χ1) is 18.2. The molecule has 0 atom stereocenters. The predicted molar refractivity (Wildman–Crippen MR) is 152 cm³/mol. The van der Waals surface area contributed by atoms with Gasteiger partial charge in [0.2, 0.25) is 0 Å². The molecule has 0 aliphatic rings. The van der Waals surface area contributed by atoms with E-state index in [0.717, 1.165) is 17.5 Å². The van der Waals surface area contributed by atoms with Crippen molar-refractivity contribution in [2.75, 3.05) is 16.2 Å². The highest BCUT2D eigenvalue weighted by Gasteiger charge is 2.25. The topological polar surface area (TPSA) is 75.7 Å². The van der Waals surface area contributed by atoms with Gasteiger partial charge in [0.05, 0.1) is 17.1 Å². The van der Waals surface area contributed by atoms with Crippen LogP contribution in [0.1, 0.15) is 23.6 Å². The molecule has 0 saturated heterocycles. The average Bonchev–Trinajstić information content (AvgIpc) is 2.92. The number of amides is 1. The third-order valence-electron chi connectivity index (χ3n) is 5.99. The van der Waals surface area contributed by atoms with Gasteiger partial charge in [-0.05, 0) is 85.1 Å². The van der Waals surface area contributed by atoms with Gasteiger partial charge in [0.25, 0.3) is 15.9 Å². The number of ether oxygens (including phenoxy) is 1. The molecule has 8 heteroatoms. The molecule has 0 aliphatic carbocycles. The molecule has 0 spiro atoms. The van der Waals surface area contributed by atoms with Crippen LogP contribution in [0.2, 0.25) is 5.02 Å². The van der Waals surface area contributed by atoms with Gasteiger partial charge in [-0.3, -0.25) is 9.10 Å². The number of nitrogens with zero attached hydrogens (tertiary/aromatic N) is 1. The zero-order valence-electron chi connectivity index (χ0n) is 21.2. The third kappa shape index (κ3) is 6.94. The summed E-state index contributed by atoms with van der Waals surface area (Å²) in [5.74, 6) is 0.161. The molecule has 1 amide bonds. The van der Waals surface area contributed by atoms with Crippen LogP contribution in [0.4, 0.5) is 11.4 Å². The molecule has 0 fully saturated rings. The highest BCUT2D eigenvalue weighted by molar-refractivity contribution is 7.92. The van der Waals surface area contributed by atoms with Crippen molar-refractivity contribution in [3.8, 4) is 5.75 Å². The summed E-state index contributed by atoms with van der Waals surface area (Å²) in [7, 11) is -3.86. The van der Waals surface area contributed by atoms with E-state index < -0.39 is 10.0 Å². The molecule has 4 aromatic carbocycles. The molecule has 0 aromatic heterocycles. The van der Waals surface area contributed by atoms with E-state index in [1.54, 1.807) is 72.8 Å². The summed E-state index contributed by atoms with van der Waals surface area (Å²) in [6, 6.07) is 28.1. The Morgan fingerprint density at radius 3 is 2.05 bits per heavy atom. The summed E-state index contributed by atoms with van der Waals surface area (Å²) >= 11 is 6.02. The van der Waals surface area contributed by atoms with Gasteiger partial charge < -0.3 is 10.1 Å². The minimum atomic E-state index is -3.86. The number of carbonyl (C=O) groups excluding carboxylic acids is 1. The zero-order valence-corrected chi connectivity index (χ0v) is 22.8. The number of rotatable bonds is 10. The fourth-order valence-electron chi connectivity index (χ4n) is 3.79. The monoisotopic (exact) mass is 548 g/mol. The number of carbonyl (C=O) groups is 1. The van der Waals surface area contributed by atoms with E-state index in [9.17, 15) is 13.2 Å². The number of halogens is 1. The molecule has 4 aromatic rings. The van der Waals surface area contributed by atoms with Crippen LogP contribution in [-0.2, 0) is 27.8 Å². The van der Waals surface area contributed by atoms with E-state index in [4.69, 9.17) is 16.3 Å². The van der Waals surface area contributed by atoms with Crippen molar-refractivity contribution in [2.45, 2.75) is 31.7 Å². The quantitative estimate of drug-likeness (QED) is 0.241. The van der Waals surface area contributed by atoms with E-state index in [1.165, 1.54) is 9.87 Å². The molecule has 0 unspecified atom stereocenters. The van der Waals surface area contributed by atoms with Crippen LogP contribution in [0, 0.1) is 6.92 Å². The van der Waals surface area contributed by atoms with Crippen LogP contribution < -0.4 is 14.4 Å². The molecule has 0 radical (unpaired) electrons. The summed E-state index contributed by atoms with van der Waals surface area (Å²) in [5.41, 5.74) is 4.11. The first kappa shape index (κ1) is 27.2. The van der Waals surface area contributed by atoms with Gasteiger partial charge in [0, 0.05) is 10.7 Å². The van der Waals surface area contributed by atoms with Gasteiger partial charge >= 0.3 is 0 Å². The Balaban J connectivity index is 1.49. The second kappa shape index (κ2) is 12.2. The van der Waals surface area contributed by atoms with Crippen LogP contribution >= 0.6 is 11.6 Å². The average molecular weight is 549 g/mol. The lowest BCUT2D eigenvalue weighted by molar-refractivity contribution is -0.118. The third-order valence-corrected chi connectivity index (χ3v) is 8.03. The van der Waals surface area contributed by atoms with E-state index in [2.05, 4.69) is 12.2 Å². The van der Waals surface area contributed by atoms with Crippen molar-refractivity contribution in [1.29, 1.82) is 0 Å². The Morgan fingerprint density at radius 1 is 0.842 bits per heavy atom. The molecule has 0 bridgehead atoms. The Morgan fingerprint density at radius 2 is 1.45 bits per heavy atom. The summed E-state index contributed by atoms with van der Waals surface area (Å²) in [5, 5.41) is 3.38. The fraction of sp³-hybridized carbons (Fsp3) is 0.167. The molecule has 0 heterocycles. The SMILES string of the molecule is CCc1ccc(NC(=O)COc2ccc(N(Cc3ccc(Cl)cc3)S(=O)(=O)c3ccc(C)cc3)cc2)cc1. The van der Waals surface area contributed by atoms with Crippen LogP contribution in [0.25, 0.3) is 0 Å². The second-order valence-electron chi connectivity index (χ2n) is 8.83. The number of hydrogen-bond acceptors (Lipinski definition) is 4. The molecule has 0 aliphatic heterocycles. The number of sulfonamides is 1. The van der Waals surface area contributed by atoms with Crippen molar-refractivity contribution in [2.24, 2.45) is 0 Å². The van der Waals surface area contributed by atoms with Crippen LogP contribution in [0.15, 0.2) is 102 Å². The number of benzene rings is 4. The molecule has 38 heavy (non-hydrogen) atoms. The maximum Gasteiger partial charge on any atom is 0.264 e. The number of nitrogens with one attached hydrogen (secondary N) is 1. The van der Waals surface area contributed by atoms with Crippen molar-refractivity contribution in [1.82, 2.24) is 0 Å². The van der Waals surface area contributed by atoms with Gasteiger partial charge in [0.15, 0.2) is 6.61 Å². The predicted octanol–water partition coefficient (Wildman–Crippen LogP) is 6.62. The van der Waals surface area contributed by atoms with Gasteiger partial charge in [-0.2, -0.15) is 0 Å². The zero-order chi connectivity index (χ0) is 27.1. The standard InChI is InChI=1S/C30H29ClN2O4S/c1-3-23-8-12-26(13-9-23)32-30(34)21-37-28-16-14-27(15-17-28)33(20-24-6-10-25(31)11-7-24)38(35,36)29-18-4-22(2)5-19-29/h4-19H,3,20-21H2,1-2H3,(H,32,34). The molecule has 0 saturated carbocycles. The van der Waals surface area contributed by atoms with Gasteiger partial charge in [-0.1, -0.05) is 60.5 Å². The highest BCUT2D eigenvalue weighted by Crippen LogP contribution is 2.28. The molecular weight excluding hydrogens is 520 g/mol. The lowest BCUT2D eigenvalue weighted by Crippen LogP contribution is -2.30. The fourth-order valence-corrected chi connectivity index (χ4v) is 5.37. The summed E-state index contributed by atoms with van der Waals surface area (Å²) in [6.07, 6.45) is 0.927. The molecule has 4 rings (SSSR count). The Hall–Kier alpha value is -3.81.